The Bertz CT molecular complexity index is 1170. The minimum Gasteiger partial charge on any atom is -0.490 e. The van der Waals surface area contributed by atoms with Crippen molar-refractivity contribution in [3.63, 3.8) is 0 Å². The van der Waals surface area contributed by atoms with Crippen molar-refractivity contribution in [1.82, 2.24) is 24.5 Å². The average Bonchev–Trinajstić information content (AvgIpc) is 3.09. The van der Waals surface area contributed by atoms with E-state index in [4.69, 9.17) is 30.2 Å². The Labute approximate surface area is 180 Å². The molecule has 9 heteroatoms. The predicted octanol–water partition coefficient (Wildman–Crippen LogP) is 3.12. The van der Waals surface area contributed by atoms with E-state index in [1.807, 2.05) is 26.8 Å². The molecule has 9 nitrogen and oxygen atoms in total. The van der Waals surface area contributed by atoms with Crippen molar-refractivity contribution >= 4 is 22.8 Å². The quantitative estimate of drug-likeness (QED) is 0.584. The molecular weight excluding hydrogens is 394 g/mol. The largest absolute Gasteiger partial charge is 0.490 e. The minimum absolute atomic E-state index is 0.349. The van der Waals surface area contributed by atoms with E-state index in [-0.39, 0.29) is 0 Å². The van der Waals surface area contributed by atoms with Crippen LogP contribution in [0.15, 0.2) is 24.4 Å². The summed E-state index contributed by atoms with van der Waals surface area (Å²) in [5.41, 5.74) is 7.76. The lowest BCUT2D eigenvalue weighted by Crippen LogP contribution is -2.33. The number of nitrogens with zero attached hydrogens (tertiary/aromatic N) is 5. The first-order chi connectivity index (χ1) is 15.0. The highest BCUT2D eigenvalue weighted by molar-refractivity contribution is 5.86. The van der Waals surface area contributed by atoms with E-state index >= 15 is 0 Å². The molecule has 2 aliphatic rings. The molecule has 4 heterocycles. The van der Waals surface area contributed by atoms with E-state index < -0.39 is 5.60 Å². The minimum atomic E-state index is -0.488. The van der Waals surface area contributed by atoms with Crippen molar-refractivity contribution in [2.24, 2.45) is 5.92 Å². The second-order valence-corrected chi connectivity index (χ2v) is 8.36. The highest BCUT2D eigenvalue weighted by atomic mass is 16.5. The van der Waals surface area contributed by atoms with Crippen LogP contribution in [0.25, 0.3) is 22.6 Å². The molecule has 3 aromatic rings. The molecule has 162 valence electrons. The third-order valence-electron chi connectivity index (χ3n) is 5.73. The highest BCUT2D eigenvalue weighted by Gasteiger charge is 2.33. The Hall–Kier alpha value is -3.20. The smallest absolute Gasteiger partial charge is 0.166 e. The summed E-state index contributed by atoms with van der Waals surface area (Å²) >= 11 is 0. The Morgan fingerprint density at radius 1 is 1.32 bits per heavy atom. The van der Waals surface area contributed by atoms with Crippen LogP contribution >= 0.6 is 0 Å². The molecule has 5 rings (SSSR count). The summed E-state index contributed by atoms with van der Waals surface area (Å²) in [6, 6.07) is 1.84. The number of anilines is 2. The topological polar surface area (TPSA) is 113 Å². The summed E-state index contributed by atoms with van der Waals surface area (Å²) in [4.78, 5) is 18.9. The fourth-order valence-corrected chi connectivity index (χ4v) is 3.94. The molecule has 0 saturated carbocycles. The number of hydrogen-bond donors (Lipinski definition) is 2. The van der Waals surface area contributed by atoms with Gasteiger partial charge in [-0.05, 0) is 39.2 Å². The zero-order chi connectivity index (χ0) is 21.6. The molecule has 1 aliphatic carbocycles. The van der Waals surface area contributed by atoms with Gasteiger partial charge < -0.3 is 25.1 Å². The first-order valence-electron chi connectivity index (χ1n) is 10.7. The first-order valence-corrected chi connectivity index (χ1v) is 10.7. The van der Waals surface area contributed by atoms with Gasteiger partial charge in [0.15, 0.2) is 34.4 Å². The number of rotatable bonds is 6. The lowest BCUT2D eigenvalue weighted by molar-refractivity contribution is -0.0530. The van der Waals surface area contributed by atoms with Crippen molar-refractivity contribution in [2.45, 2.75) is 39.3 Å². The SMILES string of the molecule is CCOc1cc(-c2nc(NCC3C=CC3)c3nc4n(c3n2)CCOC4(C)C)cnc1N. The van der Waals surface area contributed by atoms with E-state index in [0.717, 1.165) is 35.5 Å². The van der Waals surface area contributed by atoms with Crippen LogP contribution in [0.5, 0.6) is 5.75 Å². The van der Waals surface area contributed by atoms with Crippen LogP contribution < -0.4 is 15.8 Å². The van der Waals surface area contributed by atoms with Crippen molar-refractivity contribution in [3.05, 3.63) is 30.2 Å². The van der Waals surface area contributed by atoms with Gasteiger partial charge in [-0.1, -0.05) is 12.2 Å². The number of allylic oxidation sites excluding steroid dienone is 1. The van der Waals surface area contributed by atoms with Gasteiger partial charge in [-0.2, -0.15) is 0 Å². The molecule has 0 radical (unpaired) electrons. The molecule has 1 unspecified atom stereocenters. The number of nitrogens with one attached hydrogen (secondary N) is 1. The average molecular weight is 422 g/mol. The van der Waals surface area contributed by atoms with Crippen LogP contribution in [0, 0.1) is 5.92 Å². The van der Waals surface area contributed by atoms with Crippen LogP contribution in [-0.2, 0) is 16.9 Å². The van der Waals surface area contributed by atoms with Crippen LogP contribution in [0.1, 0.15) is 33.0 Å². The van der Waals surface area contributed by atoms with Crippen molar-refractivity contribution in [3.8, 4) is 17.1 Å². The molecular formula is C22H27N7O2. The second kappa shape index (κ2) is 7.49. The van der Waals surface area contributed by atoms with Crippen LogP contribution in [-0.4, -0.2) is 44.3 Å². The Morgan fingerprint density at radius 3 is 2.90 bits per heavy atom. The van der Waals surface area contributed by atoms with Gasteiger partial charge >= 0.3 is 0 Å². The lowest BCUT2D eigenvalue weighted by atomic mass is 9.95. The van der Waals surface area contributed by atoms with Gasteiger partial charge in [0.1, 0.15) is 11.4 Å². The second-order valence-electron chi connectivity index (χ2n) is 8.36. The number of aromatic nitrogens is 5. The van der Waals surface area contributed by atoms with E-state index in [0.29, 0.717) is 48.9 Å². The van der Waals surface area contributed by atoms with Crippen molar-refractivity contribution in [1.29, 1.82) is 0 Å². The Balaban J connectivity index is 1.65. The molecule has 1 atom stereocenters. The summed E-state index contributed by atoms with van der Waals surface area (Å²) in [7, 11) is 0. The molecule has 0 bridgehead atoms. The van der Waals surface area contributed by atoms with Gasteiger partial charge in [-0.3, -0.25) is 0 Å². The van der Waals surface area contributed by atoms with Crippen molar-refractivity contribution in [2.75, 3.05) is 30.8 Å². The molecule has 31 heavy (non-hydrogen) atoms. The highest BCUT2D eigenvalue weighted by Crippen LogP contribution is 2.34. The fourth-order valence-electron chi connectivity index (χ4n) is 3.94. The van der Waals surface area contributed by atoms with Gasteiger partial charge in [0.2, 0.25) is 0 Å². The van der Waals surface area contributed by atoms with E-state index in [1.165, 1.54) is 0 Å². The molecule has 0 spiro atoms. The van der Waals surface area contributed by atoms with Gasteiger partial charge in [0, 0.05) is 24.8 Å². The molecule has 0 aromatic carbocycles. The maximum atomic E-state index is 5.96. The number of fused-ring (bicyclic) bond motifs is 3. The summed E-state index contributed by atoms with van der Waals surface area (Å²) in [5.74, 6) is 3.52. The maximum Gasteiger partial charge on any atom is 0.166 e. The third-order valence-corrected chi connectivity index (χ3v) is 5.73. The van der Waals surface area contributed by atoms with Gasteiger partial charge in [0.25, 0.3) is 0 Å². The number of nitrogen functional groups attached to an aromatic ring is 1. The lowest BCUT2D eigenvalue weighted by Gasteiger charge is -2.30. The molecule has 0 saturated heterocycles. The standard InChI is InChI=1S/C22H27N7O2/c1-4-30-15-10-14(12-24-17(15)23)18-27-19(25-11-13-6-5-7-13)16-20(28-18)29-8-9-31-22(2,3)21(29)26-16/h5-6,10,12-13H,4,7-9,11H2,1-3H3,(H2,23,24)(H,25,27,28). The number of pyridine rings is 1. The molecule has 1 aliphatic heterocycles. The zero-order valence-electron chi connectivity index (χ0n) is 18.1. The molecule has 0 amide bonds. The van der Waals surface area contributed by atoms with Crippen LogP contribution in [0.3, 0.4) is 0 Å². The van der Waals surface area contributed by atoms with Gasteiger partial charge in [-0.25, -0.2) is 19.9 Å². The Morgan fingerprint density at radius 2 is 2.16 bits per heavy atom. The number of hydrogen-bond acceptors (Lipinski definition) is 8. The fraction of sp³-hybridized carbons (Fsp3) is 0.455. The van der Waals surface area contributed by atoms with Crippen LogP contribution in [0.2, 0.25) is 0 Å². The summed E-state index contributed by atoms with van der Waals surface area (Å²) in [6.07, 6.45) is 7.14. The first kappa shape index (κ1) is 19.7. The molecule has 3 N–H and O–H groups in total. The monoisotopic (exact) mass is 421 g/mol. The van der Waals surface area contributed by atoms with Crippen molar-refractivity contribution < 1.29 is 9.47 Å². The zero-order valence-corrected chi connectivity index (χ0v) is 18.1. The number of nitrogens with two attached hydrogens (primary N) is 1. The van der Waals surface area contributed by atoms with Crippen LogP contribution in [0.4, 0.5) is 11.6 Å². The van der Waals surface area contributed by atoms with E-state index in [9.17, 15) is 0 Å². The van der Waals surface area contributed by atoms with E-state index in [2.05, 4.69) is 27.0 Å². The molecule has 0 fully saturated rings. The number of ether oxygens (including phenoxy) is 2. The Kier molecular flexibility index (Phi) is 4.77. The maximum absolute atomic E-state index is 5.96. The van der Waals surface area contributed by atoms with Gasteiger partial charge in [-0.15, -0.1) is 0 Å². The summed E-state index contributed by atoms with van der Waals surface area (Å²) in [6.45, 7) is 8.58. The third kappa shape index (κ3) is 3.48. The van der Waals surface area contributed by atoms with Gasteiger partial charge in [0.05, 0.1) is 13.2 Å². The predicted molar refractivity (Wildman–Crippen MR) is 119 cm³/mol. The summed E-state index contributed by atoms with van der Waals surface area (Å²) in [5, 5.41) is 3.49. The van der Waals surface area contributed by atoms with E-state index in [1.54, 1.807) is 6.20 Å². The number of imidazole rings is 1. The molecule has 3 aromatic heterocycles. The normalized spacial score (nSPS) is 19.1. The summed E-state index contributed by atoms with van der Waals surface area (Å²) < 4.78 is 13.7.